The zero-order valence-electron chi connectivity index (χ0n) is 10.1. The molecule has 0 saturated heterocycles. The molecule has 0 saturated carbocycles. The van der Waals surface area contributed by atoms with Crippen LogP contribution in [-0.2, 0) is 11.3 Å². The Bertz CT molecular complexity index is 608. The normalized spacial score (nSPS) is 13.4. The van der Waals surface area contributed by atoms with Gasteiger partial charge in [0.05, 0.1) is 29.9 Å². The van der Waals surface area contributed by atoms with E-state index in [0.29, 0.717) is 23.7 Å². The zero-order valence-corrected chi connectivity index (χ0v) is 10.1. The summed E-state index contributed by atoms with van der Waals surface area (Å²) < 4.78 is 10.5. The number of nitrogens with two attached hydrogens (primary N) is 1. The summed E-state index contributed by atoms with van der Waals surface area (Å²) in [6, 6.07) is 7.14. The van der Waals surface area contributed by atoms with Gasteiger partial charge in [-0.3, -0.25) is 4.79 Å². The summed E-state index contributed by atoms with van der Waals surface area (Å²) in [7, 11) is 0. The van der Waals surface area contributed by atoms with Gasteiger partial charge in [-0.25, -0.2) is 0 Å². The van der Waals surface area contributed by atoms with Crippen LogP contribution in [0.4, 0.5) is 17.1 Å². The summed E-state index contributed by atoms with van der Waals surface area (Å²) in [5, 5.41) is 5.89. The van der Waals surface area contributed by atoms with E-state index in [1.807, 2.05) is 12.1 Å². The van der Waals surface area contributed by atoms with Crippen LogP contribution in [0.25, 0.3) is 0 Å². The number of carbonyl (C=O) groups excluding carboxylic acids is 1. The number of anilines is 3. The van der Waals surface area contributed by atoms with Gasteiger partial charge in [-0.1, -0.05) is 0 Å². The Hall–Kier alpha value is -2.63. The van der Waals surface area contributed by atoms with Crippen molar-refractivity contribution in [1.82, 2.24) is 0 Å². The molecular formula is C13H13N3O3. The second-order valence-electron chi connectivity index (χ2n) is 4.21. The highest BCUT2D eigenvalue weighted by atomic mass is 16.5. The number of rotatable bonds is 3. The molecule has 6 heteroatoms. The topological polar surface area (TPSA) is 89.5 Å². The fourth-order valence-corrected chi connectivity index (χ4v) is 1.89. The van der Waals surface area contributed by atoms with Crippen molar-refractivity contribution in [3.05, 3.63) is 36.3 Å². The Morgan fingerprint density at radius 1 is 1.42 bits per heavy atom. The van der Waals surface area contributed by atoms with Gasteiger partial charge >= 0.3 is 0 Å². The van der Waals surface area contributed by atoms with Crippen molar-refractivity contribution in [3.63, 3.8) is 0 Å². The first-order valence-electron chi connectivity index (χ1n) is 5.85. The van der Waals surface area contributed by atoms with Crippen LogP contribution < -0.4 is 21.1 Å². The van der Waals surface area contributed by atoms with Gasteiger partial charge in [0.1, 0.15) is 11.5 Å². The van der Waals surface area contributed by atoms with Crippen LogP contribution >= 0.6 is 0 Å². The van der Waals surface area contributed by atoms with Crippen LogP contribution in [0.2, 0.25) is 0 Å². The molecule has 1 aromatic heterocycles. The number of hydrogen-bond acceptors (Lipinski definition) is 5. The molecule has 0 fully saturated rings. The molecule has 2 heterocycles. The van der Waals surface area contributed by atoms with E-state index < -0.39 is 0 Å². The second-order valence-corrected chi connectivity index (χ2v) is 4.21. The lowest BCUT2D eigenvalue weighted by molar-refractivity contribution is -0.118. The number of fused-ring (bicyclic) bond motifs is 1. The number of hydrogen-bond donors (Lipinski definition) is 3. The molecule has 0 radical (unpaired) electrons. The van der Waals surface area contributed by atoms with Crippen LogP contribution in [0, 0.1) is 0 Å². The van der Waals surface area contributed by atoms with Crippen molar-refractivity contribution < 1.29 is 13.9 Å². The monoisotopic (exact) mass is 259 g/mol. The minimum Gasteiger partial charge on any atom is -0.482 e. The average molecular weight is 259 g/mol. The van der Waals surface area contributed by atoms with Gasteiger partial charge in [0, 0.05) is 6.07 Å². The lowest BCUT2D eigenvalue weighted by atomic mass is 10.2. The number of carbonyl (C=O) groups is 1. The smallest absolute Gasteiger partial charge is 0.262 e. The van der Waals surface area contributed by atoms with E-state index in [1.54, 1.807) is 18.4 Å². The molecule has 6 nitrogen and oxygen atoms in total. The number of nitrogens with one attached hydrogen (secondary N) is 2. The van der Waals surface area contributed by atoms with E-state index in [9.17, 15) is 4.79 Å². The predicted octanol–water partition coefficient (Wildman–Crippen LogP) is 1.80. The minimum absolute atomic E-state index is 0.0195. The summed E-state index contributed by atoms with van der Waals surface area (Å²) in [4.78, 5) is 11.3. The van der Waals surface area contributed by atoms with Gasteiger partial charge < -0.3 is 25.5 Å². The number of nitrogen functional groups attached to an aromatic ring is 1. The first-order valence-corrected chi connectivity index (χ1v) is 5.85. The van der Waals surface area contributed by atoms with Crippen molar-refractivity contribution in [3.8, 4) is 5.75 Å². The van der Waals surface area contributed by atoms with E-state index in [4.69, 9.17) is 14.9 Å². The maximum Gasteiger partial charge on any atom is 0.262 e. The number of amides is 1. The maximum atomic E-state index is 11.3. The molecule has 0 spiro atoms. The van der Waals surface area contributed by atoms with Crippen molar-refractivity contribution in [2.75, 3.05) is 23.0 Å². The van der Waals surface area contributed by atoms with Crippen molar-refractivity contribution in [2.24, 2.45) is 0 Å². The Kier molecular flexibility index (Phi) is 2.75. The Labute approximate surface area is 109 Å². The molecule has 0 aliphatic carbocycles. The first-order chi connectivity index (χ1) is 9.22. The average Bonchev–Trinajstić information content (AvgIpc) is 2.90. The minimum atomic E-state index is -0.172. The van der Waals surface area contributed by atoms with E-state index in [1.165, 1.54) is 0 Å². The molecule has 4 N–H and O–H groups in total. The van der Waals surface area contributed by atoms with Crippen molar-refractivity contribution in [1.29, 1.82) is 0 Å². The number of ether oxygens (including phenoxy) is 1. The fraction of sp³-hybridized carbons (Fsp3) is 0.154. The third-order valence-corrected chi connectivity index (χ3v) is 2.82. The first kappa shape index (κ1) is 11.5. The van der Waals surface area contributed by atoms with Gasteiger partial charge in [0.15, 0.2) is 6.61 Å². The van der Waals surface area contributed by atoms with Crippen LogP contribution in [0.5, 0.6) is 5.75 Å². The predicted molar refractivity (Wildman–Crippen MR) is 71.0 cm³/mol. The lowest BCUT2D eigenvalue weighted by Gasteiger charge is -2.20. The Morgan fingerprint density at radius 3 is 3.11 bits per heavy atom. The van der Waals surface area contributed by atoms with Gasteiger partial charge in [-0.2, -0.15) is 0 Å². The molecule has 1 aliphatic rings. The Morgan fingerprint density at radius 2 is 2.32 bits per heavy atom. The molecule has 0 atom stereocenters. The molecule has 98 valence electrons. The van der Waals surface area contributed by atoms with E-state index in [-0.39, 0.29) is 12.5 Å². The van der Waals surface area contributed by atoms with E-state index in [0.717, 1.165) is 11.4 Å². The summed E-state index contributed by atoms with van der Waals surface area (Å²) in [6.45, 7) is 0.538. The van der Waals surface area contributed by atoms with Gasteiger partial charge in [-0.15, -0.1) is 0 Å². The van der Waals surface area contributed by atoms with Crippen molar-refractivity contribution >= 4 is 23.0 Å². The summed E-state index contributed by atoms with van der Waals surface area (Å²) in [5.41, 5.74) is 7.83. The van der Waals surface area contributed by atoms with Crippen LogP contribution in [-0.4, -0.2) is 12.5 Å². The molecule has 3 rings (SSSR count). The third kappa shape index (κ3) is 2.33. The van der Waals surface area contributed by atoms with E-state index >= 15 is 0 Å². The Balaban J connectivity index is 1.81. The lowest BCUT2D eigenvalue weighted by Crippen LogP contribution is -2.25. The van der Waals surface area contributed by atoms with Gasteiger partial charge in [0.25, 0.3) is 5.91 Å². The molecule has 1 amide bonds. The molecule has 0 bridgehead atoms. The van der Waals surface area contributed by atoms with Gasteiger partial charge in [0.2, 0.25) is 0 Å². The maximum absolute atomic E-state index is 11.3. The highest BCUT2D eigenvalue weighted by Crippen LogP contribution is 2.35. The molecule has 2 aromatic rings. The fourth-order valence-electron chi connectivity index (χ4n) is 1.89. The number of benzene rings is 1. The molecule has 0 unspecified atom stereocenters. The zero-order chi connectivity index (χ0) is 13.2. The SMILES string of the molecule is Nc1cc2c(cc1NCc1ccco1)NC(=O)CO2. The molecule has 1 aromatic carbocycles. The van der Waals surface area contributed by atoms with E-state index in [2.05, 4.69) is 10.6 Å². The summed E-state index contributed by atoms with van der Waals surface area (Å²) in [6.07, 6.45) is 1.61. The van der Waals surface area contributed by atoms with Crippen LogP contribution in [0.3, 0.4) is 0 Å². The highest BCUT2D eigenvalue weighted by molar-refractivity contribution is 5.97. The van der Waals surface area contributed by atoms with Crippen LogP contribution in [0.1, 0.15) is 5.76 Å². The molecule has 1 aliphatic heterocycles. The highest BCUT2D eigenvalue weighted by Gasteiger charge is 2.17. The molecule has 19 heavy (non-hydrogen) atoms. The third-order valence-electron chi connectivity index (χ3n) is 2.82. The quantitative estimate of drug-likeness (QED) is 0.731. The second kappa shape index (κ2) is 4.56. The largest absolute Gasteiger partial charge is 0.482 e. The standard InChI is InChI=1S/C13H13N3O3/c14-9-4-12-11(16-13(17)7-19-12)5-10(9)15-6-8-2-1-3-18-8/h1-5,15H,6-7,14H2,(H,16,17). The van der Waals surface area contributed by atoms with Gasteiger partial charge in [-0.05, 0) is 18.2 Å². The summed E-state index contributed by atoms with van der Waals surface area (Å²) in [5.74, 6) is 1.22. The molecular weight excluding hydrogens is 246 g/mol. The number of furan rings is 1. The summed E-state index contributed by atoms with van der Waals surface area (Å²) >= 11 is 0. The van der Waals surface area contributed by atoms with Crippen molar-refractivity contribution in [2.45, 2.75) is 6.54 Å². The van der Waals surface area contributed by atoms with Crippen LogP contribution in [0.15, 0.2) is 34.9 Å².